The lowest BCUT2D eigenvalue weighted by Crippen LogP contribution is -2.49. The van der Waals surface area contributed by atoms with E-state index in [4.69, 9.17) is 0 Å². The Bertz CT molecular complexity index is 702. The molecular formula is C19H27F4N5O. The first-order valence-corrected chi connectivity index (χ1v) is 9.54. The minimum atomic E-state index is -4.44. The van der Waals surface area contributed by atoms with Crippen LogP contribution in [0.15, 0.2) is 29.3 Å². The number of piperidine rings is 1. The highest BCUT2D eigenvalue weighted by molar-refractivity contribution is 5.85. The van der Waals surface area contributed by atoms with E-state index in [0.29, 0.717) is 17.4 Å². The van der Waals surface area contributed by atoms with Gasteiger partial charge in [-0.3, -0.25) is 4.79 Å². The maximum Gasteiger partial charge on any atom is 0.406 e. The lowest BCUT2D eigenvalue weighted by molar-refractivity contribution is -0.157. The predicted molar refractivity (Wildman–Crippen MR) is 104 cm³/mol. The van der Waals surface area contributed by atoms with Crippen LogP contribution in [0.5, 0.6) is 0 Å². The van der Waals surface area contributed by atoms with Crippen LogP contribution in [0.25, 0.3) is 0 Å². The van der Waals surface area contributed by atoms with Crippen LogP contribution in [-0.4, -0.2) is 68.8 Å². The number of aliphatic imine (C=N–C) groups is 1. The Morgan fingerprint density at radius 1 is 1.31 bits per heavy atom. The summed E-state index contributed by atoms with van der Waals surface area (Å²) < 4.78 is 50.6. The van der Waals surface area contributed by atoms with Crippen molar-refractivity contribution in [3.05, 3.63) is 30.1 Å². The molecule has 0 spiro atoms. The molecule has 2 rings (SSSR count). The van der Waals surface area contributed by atoms with E-state index < -0.39 is 18.6 Å². The predicted octanol–water partition coefficient (Wildman–Crippen LogP) is 2.37. The molecule has 10 heteroatoms. The third kappa shape index (κ3) is 7.78. The number of nitrogens with one attached hydrogen (secondary N) is 2. The number of nitrogens with zero attached hydrogens (tertiary/aromatic N) is 3. The first kappa shape index (κ1) is 22.8. The number of halogens is 4. The molecule has 1 heterocycles. The second-order valence-electron chi connectivity index (χ2n) is 6.95. The Morgan fingerprint density at radius 2 is 2.00 bits per heavy atom. The fourth-order valence-corrected chi connectivity index (χ4v) is 3.09. The third-order valence-electron chi connectivity index (χ3n) is 4.57. The number of carbonyl (C=O) groups is 1. The van der Waals surface area contributed by atoms with E-state index >= 15 is 0 Å². The first-order chi connectivity index (χ1) is 13.7. The Balaban J connectivity index is 1.87. The molecule has 1 aliphatic heterocycles. The number of rotatable bonds is 6. The molecule has 0 aromatic heterocycles. The van der Waals surface area contributed by atoms with Crippen molar-refractivity contribution in [2.24, 2.45) is 4.99 Å². The molecular weight excluding hydrogens is 390 g/mol. The summed E-state index contributed by atoms with van der Waals surface area (Å²) in [5, 5.41) is 6.23. The minimum absolute atomic E-state index is 0.0978. The zero-order chi connectivity index (χ0) is 21.4. The van der Waals surface area contributed by atoms with Crippen LogP contribution < -0.4 is 15.5 Å². The topological polar surface area (TPSA) is 60.0 Å². The number of benzene rings is 1. The molecule has 162 valence electrons. The summed E-state index contributed by atoms with van der Waals surface area (Å²) in [5.41, 5.74) is 0.835. The Labute approximate surface area is 168 Å². The second kappa shape index (κ2) is 10.3. The van der Waals surface area contributed by atoms with Crippen LogP contribution in [0, 0.1) is 5.82 Å². The van der Waals surface area contributed by atoms with Crippen molar-refractivity contribution in [3.63, 3.8) is 0 Å². The second-order valence-corrected chi connectivity index (χ2v) is 6.95. The number of carbonyl (C=O) groups excluding carboxylic acids is 1. The van der Waals surface area contributed by atoms with Crippen LogP contribution in [0.1, 0.15) is 19.8 Å². The zero-order valence-electron chi connectivity index (χ0n) is 16.6. The van der Waals surface area contributed by atoms with Crippen molar-refractivity contribution in [1.29, 1.82) is 0 Å². The van der Waals surface area contributed by atoms with E-state index in [0.717, 1.165) is 38.7 Å². The molecule has 0 radical (unpaired) electrons. The Morgan fingerprint density at radius 3 is 2.59 bits per heavy atom. The zero-order valence-corrected chi connectivity index (χ0v) is 16.6. The number of hydrogen-bond acceptors (Lipinski definition) is 3. The van der Waals surface area contributed by atoms with Crippen molar-refractivity contribution in [3.8, 4) is 0 Å². The summed E-state index contributed by atoms with van der Waals surface area (Å²) in [5.74, 6) is -0.588. The van der Waals surface area contributed by atoms with Crippen molar-refractivity contribution >= 4 is 17.6 Å². The fourth-order valence-electron chi connectivity index (χ4n) is 3.09. The highest BCUT2D eigenvalue weighted by Crippen LogP contribution is 2.20. The highest BCUT2D eigenvalue weighted by atomic mass is 19.4. The molecule has 1 aromatic rings. The van der Waals surface area contributed by atoms with Gasteiger partial charge in [-0.1, -0.05) is 6.07 Å². The molecule has 6 nitrogen and oxygen atoms in total. The Kier molecular flexibility index (Phi) is 8.10. The molecule has 0 aliphatic carbocycles. The number of likely N-dealkylation sites (N-methyl/N-ethyl adjacent to an activating group) is 1. The molecule has 1 saturated heterocycles. The van der Waals surface area contributed by atoms with Crippen molar-refractivity contribution < 1.29 is 22.4 Å². The normalized spacial score (nSPS) is 15.9. The summed E-state index contributed by atoms with van der Waals surface area (Å²) in [6, 6.07) is 6.55. The standard InChI is InChI=1S/C19H27F4N5O/c1-3-24-18(25-12-17(29)27(2)13-19(21,22)23)26-15-7-9-28(10-8-15)16-6-4-5-14(20)11-16/h4-6,11,15H,3,7-10,12-13H2,1-2H3,(H2,24,25,26). The van der Waals surface area contributed by atoms with Gasteiger partial charge in [0.25, 0.3) is 0 Å². The average Bonchev–Trinajstić information content (AvgIpc) is 2.65. The van der Waals surface area contributed by atoms with Gasteiger partial charge in [0.15, 0.2) is 5.96 Å². The van der Waals surface area contributed by atoms with Crippen molar-refractivity contribution in [1.82, 2.24) is 15.5 Å². The quantitative estimate of drug-likeness (QED) is 0.424. The van der Waals surface area contributed by atoms with Gasteiger partial charge in [-0.15, -0.1) is 0 Å². The van der Waals surface area contributed by atoms with Crippen molar-refractivity contribution in [2.75, 3.05) is 44.7 Å². The van der Waals surface area contributed by atoms with Gasteiger partial charge < -0.3 is 20.4 Å². The lowest BCUT2D eigenvalue weighted by atomic mass is 10.0. The van der Waals surface area contributed by atoms with E-state index in [1.807, 2.05) is 13.0 Å². The van der Waals surface area contributed by atoms with Gasteiger partial charge in [0, 0.05) is 38.4 Å². The lowest BCUT2D eigenvalue weighted by Gasteiger charge is -2.34. The minimum Gasteiger partial charge on any atom is -0.371 e. The monoisotopic (exact) mass is 417 g/mol. The molecule has 1 aliphatic rings. The summed E-state index contributed by atoms with van der Waals surface area (Å²) >= 11 is 0. The summed E-state index contributed by atoms with van der Waals surface area (Å²) in [4.78, 5) is 18.7. The number of amides is 1. The van der Waals surface area contributed by atoms with E-state index in [9.17, 15) is 22.4 Å². The molecule has 0 saturated carbocycles. The van der Waals surface area contributed by atoms with Crippen LogP contribution in [-0.2, 0) is 4.79 Å². The average molecular weight is 417 g/mol. The number of hydrogen-bond donors (Lipinski definition) is 2. The van der Waals surface area contributed by atoms with Gasteiger partial charge in [0.1, 0.15) is 18.9 Å². The maximum atomic E-state index is 13.4. The molecule has 1 amide bonds. The highest BCUT2D eigenvalue weighted by Gasteiger charge is 2.31. The van der Waals surface area contributed by atoms with Gasteiger partial charge in [-0.25, -0.2) is 9.38 Å². The Hall–Kier alpha value is -2.52. The molecule has 29 heavy (non-hydrogen) atoms. The first-order valence-electron chi connectivity index (χ1n) is 9.54. The van der Waals surface area contributed by atoms with E-state index in [-0.39, 0.29) is 18.4 Å². The number of guanidine groups is 1. The van der Waals surface area contributed by atoms with Gasteiger partial charge in [0.2, 0.25) is 5.91 Å². The molecule has 0 atom stereocenters. The summed E-state index contributed by atoms with van der Waals surface area (Å²) in [7, 11) is 1.10. The van der Waals surface area contributed by atoms with Gasteiger partial charge >= 0.3 is 6.18 Å². The van der Waals surface area contributed by atoms with E-state index in [1.165, 1.54) is 12.1 Å². The van der Waals surface area contributed by atoms with E-state index in [2.05, 4.69) is 20.5 Å². The van der Waals surface area contributed by atoms with Crippen LogP contribution in [0.2, 0.25) is 0 Å². The van der Waals surface area contributed by atoms with Gasteiger partial charge in [0.05, 0.1) is 0 Å². The maximum absolute atomic E-state index is 13.4. The third-order valence-corrected chi connectivity index (χ3v) is 4.57. The number of alkyl halides is 3. The molecule has 1 aromatic carbocycles. The summed E-state index contributed by atoms with van der Waals surface area (Å²) in [6.45, 7) is 2.21. The fraction of sp³-hybridized carbons (Fsp3) is 0.579. The van der Waals surface area contributed by atoms with E-state index in [1.54, 1.807) is 6.07 Å². The van der Waals surface area contributed by atoms with Crippen LogP contribution in [0.3, 0.4) is 0 Å². The SMILES string of the molecule is CCNC(=NCC(=O)N(C)CC(F)(F)F)NC1CCN(c2cccc(F)c2)CC1. The molecule has 1 fully saturated rings. The van der Waals surface area contributed by atoms with Crippen molar-refractivity contribution in [2.45, 2.75) is 32.0 Å². The van der Waals surface area contributed by atoms with Gasteiger partial charge in [-0.05, 0) is 38.0 Å². The largest absolute Gasteiger partial charge is 0.406 e. The molecule has 0 unspecified atom stereocenters. The number of anilines is 1. The van der Waals surface area contributed by atoms with Crippen LogP contribution >= 0.6 is 0 Å². The molecule has 2 N–H and O–H groups in total. The van der Waals surface area contributed by atoms with Crippen LogP contribution in [0.4, 0.5) is 23.2 Å². The molecule has 0 bridgehead atoms. The summed E-state index contributed by atoms with van der Waals surface area (Å²) in [6.07, 6.45) is -2.88. The smallest absolute Gasteiger partial charge is 0.371 e. The van der Waals surface area contributed by atoms with Gasteiger partial charge in [-0.2, -0.15) is 13.2 Å².